The van der Waals surface area contributed by atoms with Gasteiger partial charge in [0.1, 0.15) is 0 Å². The van der Waals surface area contributed by atoms with Crippen LogP contribution in [0.3, 0.4) is 0 Å². The number of carbonyl (C=O) groups excluding carboxylic acids is 1. The maximum absolute atomic E-state index is 10.8. The highest BCUT2D eigenvalue weighted by Gasteiger charge is 2.26. The Morgan fingerprint density at radius 1 is 0.783 bits per heavy atom. The van der Waals surface area contributed by atoms with Gasteiger partial charge in [-0.25, -0.2) is 0 Å². The van der Waals surface area contributed by atoms with E-state index >= 15 is 0 Å². The maximum Gasteiger partial charge on any atom is 0.312 e. The highest BCUT2D eigenvalue weighted by molar-refractivity contribution is 6.30. The van der Waals surface area contributed by atoms with Gasteiger partial charge in [-0.1, -0.05) is 47.5 Å². The predicted octanol–water partition coefficient (Wildman–Crippen LogP) is 3.77. The van der Waals surface area contributed by atoms with E-state index in [9.17, 15) is 4.79 Å². The Balaban J connectivity index is 1.91. The van der Waals surface area contributed by atoms with Crippen molar-refractivity contribution in [1.82, 2.24) is 9.80 Å². The number of benzene rings is 2. The molecular formula is C18H17Cl2N2O. The van der Waals surface area contributed by atoms with Gasteiger partial charge in [-0.3, -0.25) is 9.69 Å². The van der Waals surface area contributed by atoms with Crippen molar-refractivity contribution in [3.63, 3.8) is 0 Å². The third kappa shape index (κ3) is 3.86. The Kier molecular flexibility index (Phi) is 5.21. The summed E-state index contributed by atoms with van der Waals surface area (Å²) in [5.41, 5.74) is 2.36. The first-order chi connectivity index (χ1) is 11.2. The van der Waals surface area contributed by atoms with Gasteiger partial charge in [-0.05, 0) is 35.4 Å². The molecule has 5 heteroatoms. The van der Waals surface area contributed by atoms with Crippen molar-refractivity contribution in [2.45, 2.75) is 6.04 Å². The summed E-state index contributed by atoms with van der Waals surface area (Å²) in [6.45, 7) is 3.01. The Bertz CT molecular complexity index is 604. The summed E-state index contributed by atoms with van der Waals surface area (Å²) in [7, 11) is 0. The van der Waals surface area contributed by atoms with Crippen LogP contribution in [0.2, 0.25) is 10.0 Å². The number of nitrogens with zero attached hydrogens (tertiary/aromatic N) is 2. The molecule has 0 aliphatic carbocycles. The number of amides is 1. The fourth-order valence-electron chi connectivity index (χ4n) is 2.98. The van der Waals surface area contributed by atoms with Gasteiger partial charge in [0.25, 0.3) is 0 Å². The standard InChI is InChI=1S/C18H17Cl2N2O/c19-16-5-1-14(2-6-16)18(15-3-7-17(20)8-4-15)22-11-9-21(13-23)10-12-22/h1-8,18H,9-12H2. The average molecular weight is 348 g/mol. The number of halogens is 2. The van der Waals surface area contributed by atoms with E-state index in [2.05, 4.69) is 29.2 Å². The van der Waals surface area contributed by atoms with Crippen molar-refractivity contribution in [1.29, 1.82) is 0 Å². The second kappa shape index (κ2) is 7.35. The number of hydrogen-bond acceptors (Lipinski definition) is 2. The second-order valence-corrected chi connectivity index (χ2v) is 6.49. The van der Waals surface area contributed by atoms with Crippen LogP contribution >= 0.6 is 23.2 Å². The van der Waals surface area contributed by atoms with Crippen LogP contribution in [-0.4, -0.2) is 42.4 Å². The van der Waals surface area contributed by atoms with Crippen LogP contribution in [0, 0.1) is 0 Å². The first kappa shape index (κ1) is 16.3. The van der Waals surface area contributed by atoms with E-state index in [0.717, 1.165) is 23.1 Å². The molecule has 119 valence electrons. The minimum absolute atomic E-state index is 0.123. The monoisotopic (exact) mass is 347 g/mol. The van der Waals surface area contributed by atoms with Gasteiger partial charge in [0.15, 0.2) is 0 Å². The van der Waals surface area contributed by atoms with E-state index in [-0.39, 0.29) is 6.04 Å². The molecule has 1 amide bonds. The first-order valence-electron chi connectivity index (χ1n) is 7.55. The van der Waals surface area contributed by atoms with E-state index in [0.29, 0.717) is 13.1 Å². The quantitative estimate of drug-likeness (QED) is 0.840. The van der Waals surface area contributed by atoms with E-state index < -0.39 is 0 Å². The lowest BCUT2D eigenvalue weighted by molar-refractivity contribution is 0.148. The number of rotatable bonds is 4. The molecule has 0 bridgehead atoms. The molecule has 1 radical (unpaired) electrons. The smallest absolute Gasteiger partial charge is 0.312 e. The van der Waals surface area contributed by atoms with E-state index in [1.807, 2.05) is 30.7 Å². The molecule has 1 aliphatic heterocycles. The zero-order chi connectivity index (χ0) is 16.2. The molecule has 1 heterocycles. The van der Waals surface area contributed by atoms with E-state index in [1.54, 1.807) is 4.90 Å². The summed E-state index contributed by atoms with van der Waals surface area (Å²) in [6.07, 6.45) is 1.98. The topological polar surface area (TPSA) is 23.6 Å². The molecular weight excluding hydrogens is 331 g/mol. The third-order valence-corrected chi connectivity index (χ3v) is 4.68. The zero-order valence-corrected chi connectivity index (χ0v) is 14.1. The Morgan fingerprint density at radius 2 is 1.22 bits per heavy atom. The van der Waals surface area contributed by atoms with E-state index in [1.165, 1.54) is 11.1 Å². The van der Waals surface area contributed by atoms with Crippen LogP contribution in [0.1, 0.15) is 17.2 Å². The molecule has 0 spiro atoms. The van der Waals surface area contributed by atoms with Gasteiger partial charge in [-0.15, -0.1) is 0 Å². The Hall–Kier alpha value is -1.55. The molecule has 2 aromatic carbocycles. The van der Waals surface area contributed by atoms with Crippen molar-refractivity contribution in [3.8, 4) is 0 Å². The van der Waals surface area contributed by atoms with E-state index in [4.69, 9.17) is 23.2 Å². The molecule has 23 heavy (non-hydrogen) atoms. The minimum Gasteiger partial charge on any atom is -0.332 e. The van der Waals surface area contributed by atoms with Gasteiger partial charge in [0, 0.05) is 36.2 Å². The maximum atomic E-state index is 10.8. The zero-order valence-electron chi connectivity index (χ0n) is 12.6. The Labute approximate surface area is 146 Å². The highest BCUT2D eigenvalue weighted by Crippen LogP contribution is 2.31. The molecule has 0 N–H and O–H groups in total. The van der Waals surface area contributed by atoms with Crippen molar-refractivity contribution < 1.29 is 4.79 Å². The predicted molar refractivity (Wildman–Crippen MR) is 93.6 cm³/mol. The van der Waals surface area contributed by atoms with Crippen LogP contribution in [0.15, 0.2) is 48.5 Å². The minimum atomic E-state index is 0.123. The lowest BCUT2D eigenvalue weighted by atomic mass is 9.96. The molecule has 3 rings (SSSR count). The Morgan fingerprint density at radius 3 is 1.61 bits per heavy atom. The number of hydrogen-bond donors (Lipinski definition) is 0. The molecule has 1 aliphatic rings. The first-order valence-corrected chi connectivity index (χ1v) is 8.30. The molecule has 1 saturated heterocycles. The van der Waals surface area contributed by atoms with Gasteiger partial charge >= 0.3 is 6.41 Å². The fraction of sp³-hybridized carbons (Fsp3) is 0.278. The van der Waals surface area contributed by atoms with Gasteiger partial charge in [-0.2, -0.15) is 0 Å². The lowest BCUT2D eigenvalue weighted by Crippen LogP contribution is -2.47. The van der Waals surface area contributed by atoms with Crippen molar-refractivity contribution in [2.75, 3.05) is 26.2 Å². The summed E-state index contributed by atoms with van der Waals surface area (Å²) in [4.78, 5) is 14.9. The molecule has 0 saturated carbocycles. The summed E-state index contributed by atoms with van der Waals surface area (Å²) >= 11 is 12.1. The summed E-state index contributed by atoms with van der Waals surface area (Å²) in [6, 6.07) is 16.0. The van der Waals surface area contributed by atoms with Gasteiger partial charge < -0.3 is 4.90 Å². The largest absolute Gasteiger partial charge is 0.332 e. The van der Waals surface area contributed by atoms with Gasteiger partial charge in [0.2, 0.25) is 0 Å². The molecule has 1 fully saturated rings. The van der Waals surface area contributed by atoms with Crippen molar-refractivity contribution in [3.05, 3.63) is 69.7 Å². The fourth-order valence-corrected chi connectivity index (χ4v) is 3.23. The van der Waals surface area contributed by atoms with Crippen LogP contribution in [0.4, 0.5) is 0 Å². The molecule has 0 atom stereocenters. The molecule has 2 aromatic rings. The SMILES string of the molecule is O=[C]N1CCN(C(c2ccc(Cl)cc2)c2ccc(Cl)cc2)CC1. The van der Waals surface area contributed by atoms with Crippen LogP contribution < -0.4 is 0 Å². The van der Waals surface area contributed by atoms with Gasteiger partial charge in [0.05, 0.1) is 6.04 Å². The molecule has 0 unspecified atom stereocenters. The van der Waals surface area contributed by atoms with Crippen molar-refractivity contribution >= 4 is 29.6 Å². The summed E-state index contributed by atoms with van der Waals surface area (Å²) in [5, 5.41) is 1.45. The lowest BCUT2D eigenvalue weighted by Gasteiger charge is -2.38. The van der Waals surface area contributed by atoms with Crippen LogP contribution in [-0.2, 0) is 4.79 Å². The van der Waals surface area contributed by atoms with Crippen LogP contribution in [0.25, 0.3) is 0 Å². The molecule has 0 aromatic heterocycles. The van der Waals surface area contributed by atoms with Crippen LogP contribution in [0.5, 0.6) is 0 Å². The highest BCUT2D eigenvalue weighted by atomic mass is 35.5. The van der Waals surface area contributed by atoms with Crippen molar-refractivity contribution in [2.24, 2.45) is 0 Å². The summed E-state index contributed by atoms with van der Waals surface area (Å²) < 4.78 is 0. The third-order valence-electron chi connectivity index (χ3n) is 4.18. The number of piperazine rings is 1. The average Bonchev–Trinajstić information content (AvgIpc) is 2.59. The normalized spacial score (nSPS) is 15.9. The second-order valence-electron chi connectivity index (χ2n) is 5.62. The summed E-state index contributed by atoms with van der Waals surface area (Å²) in [5.74, 6) is 0. The molecule has 3 nitrogen and oxygen atoms in total.